The molecule has 0 N–H and O–H groups in total. The van der Waals surface area contributed by atoms with Crippen LogP contribution in [-0.4, -0.2) is 16.1 Å². The molecule has 14 aromatic rings. The van der Waals surface area contributed by atoms with E-state index in [1.165, 1.54) is 31.1 Å². The number of hydrogen-bond donors (Lipinski definition) is 0. The Labute approximate surface area is 506 Å². The van der Waals surface area contributed by atoms with Crippen LogP contribution in [-0.2, 0) is 9.13 Å². The van der Waals surface area contributed by atoms with E-state index in [0.29, 0.717) is 31.8 Å². The van der Waals surface area contributed by atoms with Gasteiger partial charge in [0.2, 0.25) is 0 Å². The first-order valence-electron chi connectivity index (χ1n) is 29.4. The Morgan fingerprint density at radius 3 is 0.581 bits per heavy atom. The maximum Gasteiger partial charge on any atom is 0.180 e. The SMILES string of the molecule is O=P(c1ccccc1)(c1ccccc1)c1cc([Si](c2ccccc2)(c2ccccc2)c2ccccc2)c2ccccc2c1-c1c(P(=O)(c2ccccc2)c2ccccc2)cc([Si](c2ccccc2)(c2ccccc2)c2ccccc2)c2ccccc12. The monoisotopic (exact) mass is 1170 g/mol. The summed E-state index contributed by atoms with van der Waals surface area (Å²) in [6.07, 6.45) is 0. The highest BCUT2D eigenvalue weighted by atomic mass is 31.2. The normalized spacial score (nSPS) is 12.0. The van der Waals surface area contributed by atoms with Gasteiger partial charge in [0.15, 0.2) is 30.4 Å². The maximum atomic E-state index is 18.5. The topological polar surface area (TPSA) is 34.1 Å². The lowest BCUT2D eigenvalue weighted by Crippen LogP contribution is -2.75. The second-order valence-corrected chi connectivity index (χ2v) is 35.0. The zero-order chi connectivity index (χ0) is 58.0. The average Bonchev–Trinajstić information content (AvgIpc) is 0.712. The summed E-state index contributed by atoms with van der Waals surface area (Å²) in [6, 6.07) is 129. The Morgan fingerprint density at radius 1 is 0.198 bits per heavy atom. The zero-order valence-electron chi connectivity index (χ0n) is 47.4. The van der Waals surface area contributed by atoms with Crippen molar-refractivity contribution in [3.8, 4) is 11.1 Å². The minimum atomic E-state index is -4.00. The highest BCUT2D eigenvalue weighted by Gasteiger charge is 2.48. The molecule has 6 heteroatoms. The van der Waals surface area contributed by atoms with Crippen LogP contribution in [0.3, 0.4) is 0 Å². The molecule has 410 valence electrons. The first-order valence-corrected chi connectivity index (χ1v) is 36.8. The summed E-state index contributed by atoms with van der Waals surface area (Å²) in [4.78, 5) is 0. The summed E-state index contributed by atoms with van der Waals surface area (Å²) in [7, 11) is -14.8. The Morgan fingerprint density at radius 2 is 0.372 bits per heavy atom. The molecule has 14 rings (SSSR count). The molecule has 0 bridgehead atoms. The van der Waals surface area contributed by atoms with Crippen LogP contribution >= 0.6 is 14.3 Å². The lowest BCUT2D eigenvalue weighted by atomic mass is 9.93. The van der Waals surface area contributed by atoms with Gasteiger partial charge in [0.25, 0.3) is 0 Å². The first kappa shape index (κ1) is 54.4. The molecule has 0 saturated heterocycles. The lowest BCUT2D eigenvalue weighted by molar-refractivity contribution is 0.591. The molecule has 0 aliphatic rings. The number of fused-ring (bicyclic) bond motifs is 2. The smallest absolute Gasteiger partial charge is 0.180 e. The van der Waals surface area contributed by atoms with Crippen molar-refractivity contribution in [2.75, 3.05) is 0 Å². The van der Waals surface area contributed by atoms with Gasteiger partial charge in [-0.05, 0) is 75.2 Å². The third-order valence-corrected chi connectivity index (χ3v) is 33.3. The molecule has 0 fully saturated rings. The van der Waals surface area contributed by atoms with Gasteiger partial charge in [-0.2, -0.15) is 0 Å². The van der Waals surface area contributed by atoms with Crippen LogP contribution in [0.2, 0.25) is 0 Å². The molecule has 0 amide bonds. The van der Waals surface area contributed by atoms with Gasteiger partial charge in [-0.15, -0.1) is 0 Å². The molecule has 0 unspecified atom stereocenters. The van der Waals surface area contributed by atoms with Crippen LogP contribution < -0.4 is 73.3 Å². The van der Waals surface area contributed by atoms with Gasteiger partial charge in [-0.1, -0.05) is 352 Å². The molecule has 2 nitrogen and oxygen atoms in total. The largest absolute Gasteiger partial charge is 0.309 e. The fraction of sp³-hybridized carbons (Fsp3) is 0. The molecule has 0 saturated carbocycles. The fourth-order valence-electron chi connectivity index (χ4n) is 13.8. The van der Waals surface area contributed by atoms with Crippen molar-refractivity contribution >= 4 is 125 Å². The summed E-state index contributed by atoms with van der Waals surface area (Å²) in [5.41, 5.74) is 1.60. The van der Waals surface area contributed by atoms with Gasteiger partial charge in [0, 0.05) is 43.0 Å². The van der Waals surface area contributed by atoms with E-state index in [1.807, 2.05) is 121 Å². The van der Waals surface area contributed by atoms with Crippen LogP contribution in [0.15, 0.2) is 364 Å². The van der Waals surface area contributed by atoms with Gasteiger partial charge < -0.3 is 9.13 Å². The van der Waals surface area contributed by atoms with Crippen molar-refractivity contribution < 1.29 is 9.13 Å². The van der Waals surface area contributed by atoms with Gasteiger partial charge in [0.1, 0.15) is 0 Å². The molecule has 0 atom stereocenters. The van der Waals surface area contributed by atoms with E-state index in [1.54, 1.807) is 0 Å². The summed E-state index contributed by atoms with van der Waals surface area (Å²) >= 11 is 0. The second kappa shape index (κ2) is 23.2. The summed E-state index contributed by atoms with van der Waals surface area (Å²) in [6.45, 7) is 0. The molecule has 86 heavy (non-hydrogen) atoms. The van der Waals surface area contributed by atoms with E-state index in [9.17, 15) is 0 Å². The first-order chi connectivity index (χ1) is 42.5. The molecule has 0 aliphatic heterocycles. The quantitative estimate of drug-likeness (QED) is 0.0582. The maximum absolute atomic E-state index is 18.5. The van der Waals surface area contributed by atoms with E-state index >= 15 is 9.13 Å². The van der Waals surface area contributed by atoms with Crippen molar-refractivity contribution in [3.63, 3.8) is 0 Å². The third-order valence-electron chi connectivity index (χ3n) is 17.5. The van der Waals surface area contributed by atoms with Crippen LogP contribution in [0, 0.1) is 0 Å². The second-order valence-electron chi connectivity index (χ2n) is 22.0. The molecule has 0 aromatic heterocycles. The van der Waals surface area contributed by atoms with Crippen LogP contribution in [0.4, 0.5) is 0 Å². The van der Waals surface area contributed by atoms with Crippen molar-refractivity contribution in [3.05, 3.63) is 364 Å². The van der Waals surface area contributed by atoms with Crippen LogP contribution in [0.5, 0.6) is 0 Å². The molecular weight excluding hydrogens is 1110 g/mol. The minimum absolute atomic E-state index is 0.688. The third kappa shape index (κ3) is 8.91. The molecule has 0 heterocycles. The van der Waals surface area contributed by atoms with E-state index in [2.05, 4.69) is 243 Å². The molecular formula is C80H60O2P2Si2. The number of benzene rings is 14. The van der Waals surface area contributed by atoms with Gasteiger partial charge in [0.05, 0.1) is 0 Å². The van der Waals surface area contributed by atoms with E-state index in [-0.39, 0.29) is 0 Å². The number of hydrogen-bond acceptors (Lipinski definition) is 2. The lowest BCUT2D eigenvalue weighted by Gasteiger charge is -2.38. The Kier molecular flexibility index (Phi) is 14.7. The van der Waals surface area contributed by atoms with Crippen LogP contribution in [0.1, 0.15) is 0 Å². The predicted molar refractivity (Wildman–Crippen MR) is 373 cm³/mol. The minimum Gasteiger partial charge on any atom is -0.309 e. The molecule has 0 spiro atoms. The Bertz CT molecular complexity index is 4180. The van der Waals surface area contributed by atoms with Gasteiger partial charge in [-0.25, -0.2) is 0 Å². The van der Waals surface area contributed by atoms with Gasteiger partial charge in [-0.3, -0.25) is 0 Å². The van der Waals surface area contributed by atoms with Crippen molar-refractivity contribution in [2.45, 2.75) is 0 Å². The highest BCUT2D eigenvalue weighted by molar-refractivity contribution is 7.86. The average molecular weight is 1170 g/mol. The standard InChI is InChI=1S/C80H60O2P2Si2/c81-83(61-35-11-1-12-36-61,62-37-13-2-14-38-62)75-59-77(85(65-43-19-5-20-44-65,66-45-21-6-22-46-66)67-47-23-7-24-48-67)71-55-31-33-57-73(71)79(75)80-74-58-34-32-56-72(74)78(60-76(80)84(82,63-39-15-3-16-40-63)64-41-17-4-18-42-64)86(68-49-25-8-26-50-68,69-51-27-9-28-52-69)70-53-29-10-30-54-70/h1-60H. The zero-order valence-corrected chi connectivity index (χ0v) is 51.1. The molecule has 14 aromatic carbocycles. The summed E-state index contributed by atoms with van der Waals surface area (Å²) < 4.78 is 37.0. The van der Waals surface area contributed by atoms with Crippen molar-refractivity contribution in [2.24, 2.45) is 0 Å². The van der Waals surface area contributed by atoms with E-state index in [0.717, 1.165) is 43.0 Å². The summed E-state index contributed by atoms with van der Waals surface area (Å²) in [5, 5.41) is 17.6. The Hall–Kier alpha value is -9.51. The fourth-order valence-corrected chi connectivity index (χ4v) is 29.9. The van der Waals surface area contributed by atoms with Crippen molar-refractivity contribution in [1.29, 1.82) is 0 Å². The Balaban J connectivity index is 1.27. The van der Waals surface area contributed by atoms with Crippen molar-refractivity contribution in [1.82, 2.24) is 0 Å². The summed E-state index contributed by atoms with van der Waals surface area (Å²) in [5.74, 6) is 0. The van der Waals surface area contributed by atoms with Crippen LogP contribution in [0.25, 0.3) is 32.7 Å². The predicted octanol–water partition coefficient (Wildman–Crippen LogP) is 11.7. The van der Waals surface area contributed by atoms with E-state index < -0.39 is 30.4 Å². The highest BCUT2D eigenvalue weighted by Crippen LogP contribution is 2.52. The van der Waals surface area contributed by atoms with E-state index in [4.69, 9.17) is 0 Å². The number of rotatable bonds is 15. The molecule has 0 radical (unpaired) electrons. The van der Waals surface area contributed by atoms with Gasteiger partial charge >= 0.3 is 0 Å². The molecule has 0 aliphatic carbocycles.